The molecule has 8 rings (SSSR count). The van der Waals surface area contributed by atoms with Crippen molar-refractivity contribution in [3.05, 3.63) is 94.0 Å². The molecule has 1 unspecified atom stereocenters. The van der Waals surface area contributed by atoms with E-state index in [-0.39, 0.29) is 17.3 Å². The lowest BCUT2D eigenvalue weighted by Gasteiger charge is -2.20. The summed E-state index contributed by atoms with van der Waals surface area (Å²) in [6.07, 6.45) is 8.02. The van der Waals surface area contributed by atoms with Gasteiger partial charge in [0, 0.05) is 92.3 Å². The Hall–Kier alpha value is -4.63. The van der Waals surface area contributed by atoms with Crippen LogP contribution in [0.4, 0.5) is 0 Å². The Bertz CT molecular complexity index is 2500. The van der Waals surface area contributed by atoms with Gasteiger partial charge in [-0.15, -0.1) is 0 Å². The zero-order chi connectivity index (χ0) is 39.8. The van der Waals surface area contributed by atoms with E-state index in [0.29, 0.717) is 18.9 Å². The van der Waals surface area contributed by atoms with Crippen molar-refractivity contribution in [3.8, 4) is 0 Å². The highest BCUT2D eigenvalue weighted by Gasteiger charge is 2.27. The highest BCUT2D eigenvalue weighted by molar-refractivity contribution is 6.16. The molecule has 2 aliphatic carbocycles. The van der Waals surface area contributed by atoms with E-state index < -0.39 is 6.10 Å². The SMILES string of the molecule is CCN(CCCCn1c2ccc(C(C)=O)cc2c2c3c(ccc21)C(O)CC3)CCCC(=O)c1ccc2c(c1)c1c3c(ccc1n2CCCCNC(C)C)C(=O)CC3. The first-order chi connectivity index (χ1) is 27.6. The molecule has 0 radical (unpaired) electrons. The van der Waals surface area contributed by atoms with E-state index in [0.717, 1.165) is 146 Å². The summed E-state index contributed by atoms with van der Waals surface area (Å²) in [5, 5.41) is 18.7. The molecule has 0 bridgehead atoms. The van der Waals surface area contributed by atoms with Gasteiger partial charge in [0.1, 0.15) is 0 Å². The van der Waals surface area contributed by atoms with Gasteiger partial charge in [-0.05, 0) is 156 Å². The van der Waals surface area contributed by atoms with E-state index in [2.05, 4.69) is 76.5 Å². The van der Waals surface area contributed by atoms with Crippen LogP contribution in [0.3, 0.4) is 0 Å². The maximum absolute atomic E-state index is 13.7. The van der Waals surface area contributed by atoms with E-state index in [1.807, 2.05) is 24.3 Å². The molecule has 6 aromatic rings. The molecule has 1 atom stereocenters. The second-order valence-electron chi connectivity index (χ2n) is 16.8. The summed E-state index contributed by atoms with van der Waals surface area (Å²) in [6, 6.07) is 21.2. The van der Waals surface area contributed by atoms with Crippen LogP contribution in [0.5, 0.6) is 0 Å². The maximum Gasteiger partial charge on any atom is 0.163 e. The fourth-order valence-electron chi connectivity index (χ4n) is 9.75. The summed E-state index contributed by atoms with van der Waals surface area (Å²) in [5.74, 6) is 0.464. The minimum atomic E-state index is -0.420. The van der Waals surface area contributed by atoms with Crippen LogP contribution in [0.2, 0.25) is 0 Å². The van der Waals surface area contributed by atoms with E-state index in [9.17, 15) is 19.5 Å². The smallest absolute Gasteiger partial charge is 0.163 e. The minimum Gasteiger partial charge on any atom is -0.388 e. The topological polar surface area (TPSA) is 96.6 Å². The molecule has 0 amide bonds. The van der Waals surface area contributed by atoms with Gasteiger partial charge < -0.3 is 24.5 Å². The number of aryl methyl sites for hydroxylation is 4. The molecular weight excluding hydrogens is 709 g/mol. The van der Waals surface area contributed by atoms with Gasteiger partial charge in [-0.3, -0.25) is 14.4 Å². The summed E-state index contributed by atoms with van der Waals surface area (Å²) in [5.41, 5.74) is 10.4. The number of hydrogen-bond acceptors (Lipinski definition) is 6. The van der Waals surface area contributed by atoms with Crippen LogP contribution >= 0.6 is 0 Å². The van der Waals surface area contributed by atoms with Crippen molar-refractivity contribution >= 4 is 61.0 Å². The van der Waals surface area contributed by atoms with Gasteiger partial charge in [0.25, 0.3) is 0 Å². The van der Waals surface area contributed by atoms with E-state index in [1.54, 1.807) is 6.92 Å². The van der Waals surface area contributed by atoms with Crippen molar-refractivity contribution < 1.29 is 19.5 Å². The number of aliphatic hydroxyl groups is 1. The lowest BCUT2D eigenvalue weighted by Crippen LogP contribution is -2.26. The van der Waals surface area contributed by atoms with Crippen LogP contribution in [0.25, 0.3) is 43.6 Å². The Morgan fingerprint density at radius 1 is 0.772 bits per heavy atom. The second-order valence-corrected chi connectivity index (χ2v) is 16.8. The van der Waals surface area contributed by atoms with Crippen molar-refractivity contribution in [1.82, 2.24) is 19.4 Å². The lowest BCUT2D eigenvalue weighted by molar-refractivity contribution is 0.0971. The number of aliphatic hydroxyl groups excluding tert-OH is 1. The highest BCUT2D eigenvalue weighted by Crippen LogP contribution is 2.41. The van der Waals surface area contributed by atoms with Gasteiger partial charge >= 0.3 is 0 Å². The third-order valence-corrected chi connectivity index (χ3v) is 12.8. The molecule has 4 aromatic carbocycles. The quantitative estimate of drug-likeness (QED) is 0.0668. The largest absolute Gasteiger partial charge is 0.388 e. The van der Waals surface area contributed by atoms with Crippen molar-refractivity contribution in [2.75, 3.05) is 26.2 Å². The molecule has 0 saturated heterocycles. The third-order valence-electron chi connectivity index (χ3n) is 12.8. The Morgan fingerprint density at radius 2 is 1.40 bits per heavy atom. The summed E-state index contributed by atoms with van der Waals surface area (Å²) in [6.45, 7) is 13.7. The molecule has 298 valence electrons. The lowest BCUT2D eigenvalue weighted by atomic mass is 9.99. The number of hydrogen-bond donors (Lipinski definition) is 2. The number of carbonyl (C=O) groups is 3. The summed E-state index contributed by atoms with van der Waals surface area (Å²) in [7, 11) is 0. The van der Waals surface area contributed by atoms with Crippen molar-refractivity contribution in [2.45, 2.75) is 117 Å². The molecule has 0 saturated carbocycles. The van der Waals surface area contributed by atoms with Gasteiger partial charge in [0.2, 0.25) is 0 Å². The molecule has 2 N–H and O–H groups in total. The van der Waals surface area contributed by atoms with Crippen LogP contribution in [0.1, 0.15) is 133 Å². The number of Topliss-reactive ketones (excluding diaryl/α,β-unsaturated/α-hetero) is 3. The first kappa shape index (κ1) is 39.2. The summed E-state index contributed by atoms with van der Waals surface area (Å²) in [4.78, 5) is 41.2. The first-order valence-corrected chi connectivity index (χ1v) is 21.5. The number of nitrogens with zero attached hydrogens (tertiary/aromatic N) is 3. The predicted molar refractivity (Wildman–Crippen MR) is 232 cm³/mol. The molecule has 2 aromatic heterocycles. The molecule has 0 fully saturated rings. The molecule has 2 heterocycles. The Labute approximate surface area is 336 Å². The predicted octanol–water partition coefficient (Wildman–Crippen LogP) is 9.76. The van der Waals surface area contributed by atoms with Gasteiger partial charge in [-0.1, -0.05) is 26.8 Å². The number of unbranched alkanes of at least 4 members (excludes halogenated alkanes) is 2. The fourth-order valence-corrected chi connectivity index (χ4v) is 9.75. The third kappa shape index (κ3) is 7.60. The number of ketones is 3. The number of carbonyl (C=O) groups excluding carboxylic acids is 3. The molecule has 8 nitrogen and oxygen atoms in total. The highest BCUT2D eigenvalue weighted by atomic mass is 16.3. The minimum absolute atomic E-state index is 0.0645. The Morgan fingerprint density at radius 3 is 2.11 bits per heavy atom. The summed E-state index contributed by atoms with van der Waals surface area (Å²) < 4.78 is 4.81. The van der Waals surface area contributed by atoms with E-state index in [4.69, 9.17) is 0 Å². The fraction of sp³-hybridized carbons (Fsp3) is 0.449. The standard InChI is InChI=1S/C49H58N4O4/c1-5-51(25-8-9-28-53-41-18-12-33(32(4)54)29-39(41)48-37-16-22-46(56)35(37)14-20-43(48)53)26-10-11-45(55)34-13-19-42-40(30-34)49-38-17-23-47(57)36(38)15-21-44(49)52(42)27-7-6-24-50-31(2)3/h12-15,18-21,29-31,46,50,56H,5-11,16-17,22-28H2,1-4H3. The van der Waals surface area contributed by atoms with Crippen LogP contribution in [-0.2, 0) is 25.9 Å². The number of nitrogens with one attached hydrogen (secondary N) is 1. The average Bonchev–Trinajstić information content (AvgIpc) is 3.95. The molecule has 0 aliphatic heterocycles. The van der Waals surface area contributed by atoms with Gasteiger partial charge in [-0.25, -0.2) is 0 Å². The molecule has 0 spiro atoms. The molecule has 2 aliphatic rings. The summed E-state index contributed by atoms with van der Waals surface area (Å²) >= 11 is 0. The number of benzene rings is 4. The Balaban J connectivity index is 0.914. The average molecular weight is 767 g/mol. The van der Waals surface area contributed by atoms with Crippen LogP contribution < -0.4 is 5.32 Å². The van der Waals surface area contributed by atoms with Crippen molar-refractivity contribution in [3.63, 3.8) is 0 Å². The normalized spacial score (nSPS) is 15.4. The maximum atomic E-state index is 13.7. The first-order valence-electron chi connectivity index (χ1n) is 21.5. The molecule has 8 heteroatoms. The van der Waals surface area contributed by atoms with Crippen molar-refractivity contribution in [1.29, 1.82) is 0 Å². The monoisotopic (exact) mass is 766 g/mol. The molecule has 57 heavy (non-hydrogen) atoms. The van der Waals surface area contributed by atoms with Crippen LogP contribution in [0.15, 0.2) is 60.7 Å². The Kier molecular flexibility index (Phi) is 11.5. The number of aromatic nitrogens is 2. The van der Waals surface area contributed by atoms with Gasteiger partial charge in [0.15, 0.2) is 17.3 Å². The zero-order valence-electron chi connectivity index (χ0n) is 34.3. The van der Waals surface area contributed by atoms with Crippen LogP contribution in [-0.4, -0.2) is 68.7 Å². The van der Waals surface area contributed by atoms with Gasteiger partial charge in [0.05, 0.1) is 6.10 Å². The van der Waals surface area contributed by atoms with Gasteiger partial charge in [-0.2, -0.15) is 0 Å². The second kappa shape index (κ2) is 16.7. The molecular formula is C49H58N4O4. The number of fused-ring (bicyclic) bond motifs is 10. The van der Waals surface area contributed by atoms with Crippen LogP contribution in [0, 0.1) is 0 Å². The zero-order valence-corrected chi connectivity index (χ0v) is 34.3. The van der Waals surface area contributed by atoms with E-state index in [1.165, 1.54) is 22.0 Å². The van der Waals surface area contributed by atoms with E-state index >= 15 is 0 Å². The number of rotatable bonds is 18. The van der Waals surface area contributed by atoms with Crippen molar-refractivity contribution in [2.24, 2.45) is 0 Å².